The molecule has 0 aliphatic heterocycles. The van der Waals surface area contributed by atoms with Crippen LogP contribution in [0.5, 0.6) is 5.75 Å². The summed E-state index contributed by atoms with van der Waals surface area (Å²) in [5, 5.41) is 0. The molecule has 6 nitrogen and oxygen atoms in total. The lowest BCUT2D eigenvalue weighted by Crippen LogP contribution is -2.33. The van der Waals surface area contributed by atoms with Crippen LogP contribution >= 0.6 is 0 Å². The van der Waals surface area contributed by atoms with Crippen LogP contribution in [0, 0.1) is 6.92 Å². The average Bonchev–Trinajstić information content (AvgIpc) is 2.70. The lowest BCUT2D eigenvalue weighted by molar-refractivity contribution is 0.0777. The number of carbonyl (C=O) groups is 1. The van der Waals surface area contributed by atoms with Gasteiger partial charge in [0.1, 0.15) is 5.75 Å². The predicted molar refractivity (Wildman–Crippen MR) is 116 cm³/mol. The van der Waals surface area contributed by atoms with E-state index in [1.54, 1.807) is 42.2 Å². The van der Waals surface area contributed by atoms with Gasteiger partial charge in [-0.05, 0) is 50.6 Å². The van der Waals surface area contributed by atoms with Gasteiger partial charge in [0.05, 0.1) is 17.7 Å². The minimum Gasteiger partial charge on any atom is -0.495 e. The number of hydrogen-bond donors (Lipinski definition) is 0. The van der Waals surface area contributed by atoms with Crippen molar-refractivity contribution >= 4 is 21.6 Å². The third-order valence-electron chi connectivity index (χ3n) is 4.65. The van der Waals surface area contributed by atoms with E-state index in [9.17, 15) is 13.2 Å². The smallest absolute Gasteiger partial charge is 0.264 e. The van der Waals surface area contributed by atoms with E-state index in [-0.39, 0.29) is 10.8 Å². The highest BCUT2D eigenvalue weighted by atomic mass is 32.2. The van der Waals surface area contributed by atoms with Crippen molar-refractivity contribution in [3.8, 4) is 5.75 Å². The third kappa shape index (κ3) is 4.79. The second-order valence-electron chi connectivity index (χ2n) is 6.90. The molecule has 29 heavy (non-hydrogen) atoms. The molecule has 0 fully saturated rings. The van der Waals surface area contributed by atoms with E-state index in [1.165, 1.54) is 26.3 Å². The van der Waals surface area contributed by atoms with E-state index in [4.69, 9.17) is 4.74 Å². The van der Waals surface area contributed by atoms with Crippen molar-refractivity contribution in [3.63, 3.8) is 0 Å². The monoisotopic (exact) mass is 416 g/mol. The van der Waals surface area contributed by atoms with E-state index >= 15 is 0 Å². The zero-order valence-electron chi connectivity index (χ0n) is 17.6. The van der Waals surface area contributed by atoms with Crippen LogP contribution in [0.4, 0.5) is 5.69 Å². The number of anilines is 1. The molecule has 0 spiro atoms. The fraction of sp³-hybridized carbons (Fsp3) is 0.318. The van der Waals surface area contributed by atoms with E-state index in [0.717, 1.165) is 9.88 Å². The van der Waals surface area contributed by atoms with Gasteiger partial charge in [-0.1, -0.05) is 30.4 Å². The fourth-order valence-electron chi connectivity index (χ4n) is 2.99. The average molecular weight is 417 g/mol. The van der Waals surface area contributed by atoms with Gasteiger partial charge in [-0.2, -0.15) is 0 Å². The minimum atomic E-state index is -3.89. The van der Waals surface area contributed by atoms with Gasteiger partial charge in [-0.25, -0.2) is 8.42 Å². The quantitative estimate of drug-likeness (QED) is 0.613. The molecule has 2 aromatic carbocycles. The Morgan fingerprint density at radius 2 is 1.83 bits per heavy atom. The number of amides is 1. The largest absolute Gasteiger partial charge is 0.495 e. The second kappa shape index (κ2) is 9.13. The van der Waals surface area contributed by atoms with Crippen molar-refractivity contribution in [2.45, 2.75) is 25.7 Å². The number of carbonyl (C=O) groups excluding carboxylic acids is 1. The zero-order chi connectivity index (χ0) is 21.8. The molecular formula is C22H28N2O4S. The lowest BCUT2D eigenvalue weighted by Gasteiger charge is -2.24. The highest BCUT2D eigenvalue weighted by molar-refractivity contribution is 7.92. The van der Waals surface area contributed by atoms with Gasteiger partial charge in [-0.15, -0.1) is 0 Å². The Kier molecular flexibility index (Phi) is 7.08. The summed E-state index contributed by atoms with van der Waals surface area (Å²) in [6, 6.07) is 11.5. The zero-order valence-corrected chi connectivity index (χ0v) is 18.4. The summed E-state index contributed by atoms with van der Waals surface area (Å²) >= 11 is 0. The number of likely N-dealkylation sites (N-methyl/N-ethyl adjacent to an activating group) is 1. The molecule has 2 aromatic rings. The standard InChI is InChI=1S/C22H28N2O4S/c1-7-24(15-16(2)3)22(25)19-14-18(13-12-17(19)4)29(26,27)23(5)20-10-8-9-11-21(20)28-6/h8-14H,2,7,15H2,1,3-6H3. The van der Waals surface area contributed by atoms with Crippen molar-refractivity contribution in [1.82, 2.24) is 4.90 Å². The molecule has 0 atom stereocenters. The van der Waals surface area contributed by atoms with Crippen molar-refractivity contribution in [2.75, 3.05) is 31.6 Å². The molecule has 0 heterocycles. The Hall–Kier alpha value is -2.80. The summed E-state index contributed by atoms with van der Waals surface area (Å²) in [4.78, 5) is 14.7. The van der Waals surface area contributed by atoms with Gasteiger partial charge in [0.25, 0.3) is 15.9 Å². The molecule has 0 N–H and O–H groups in total. The Morgan fingerprint density at radius 1 is 1.17 bits per heavy atom. The Labute approximate surface area is 173 Å². The summed E-state index contributed by atoms with van der Waals surface area (Å²) < 4.78 is 32.9. The number of benzene rings is 2. The second-order valence-corrected chi connectivity index (χ2v) is 8.87. The predicted octanol–water partition coefficient (Wildman–Crippen LogP) is 3.87. The summed E-state index contributed by atoms with van der Waals surface area (Å²) in [5.74, 6) is 0.227. The highest BCUT2D eigenvalue weighted by Gasteiger charge is 2.26. The minimum absolute atomic E-state index is 0.0474. The molecule has 1 amide bonds. The van der Waals surface area contributed by atoms with E-state index < -0.39 is 10.0 Å². The van der Waals surface area contributed by atoms with E-state index in [2.05, 4.69) is 6.58 Å². The molecular weight excluding hydrogens is 388 g/mol. The maximum atomic E-state index is 13.2. The maximum Gasteiger partial charge on any atom is 0.264 e. The van der Waals surface area contributed by atoms with Gasteiger partial charge < -0.3 is 9.64 Å². The topological polar surface area (TPSA) is 66.9 Å². The summed E-state index contributed by atoms with van der Waals surface area (Å²) in [6.07, 6.45) is 0. The van der Waals surface area contributed by atoms with Crippen LogP contribution in [0.1, 0.15) is 29.8 Å². The number of methoxy groups -OCH3 is 1. The molecule has 0 radical (unpaired) electrons. The Morgan fingerprint density at radius 3 is 2.41 bits per heavy atom. The summed E-state index contributed by atoms with van der Waals surface area (Å²) in [5.41, 5.74) is 2.36. The number of rotatable bonds is 8. The van der Waals surface area contributed by atoms with Crippen molar-refractivity contribution in [2.24, 2.45) is 0 Å². The van der Waals surface area contributed by atoms with Gasteiger partial charge in [-0.3, -0.25) is 9.10 Å². The lowest BCUT2D eigenvalue weighted by atomic mass is 10.1. The molecule has 0 aromatic heterocycles. The van der Waals surface area contributed by atoms with Crippen LogP contribution in [0.2, 0.25) is 0 Å². The Balaban J connectivity index is 2.48. The van der Waals surface area contributed by atoms with Crippen LogP contribution in [-0.2, 0) is 10.0 Å². The van der Waals surface area contributed by atoms with Crippen LogP contribution in [-0.4, -0.2) is 46.5 Å². The number of para-hydroxylation sites is 2. The number of sulfonamides is 1. The molecule has 0 saturated heterocycles. The highest BCUT2D eigenvalue weighted by Crippen LogP contribution is 2.31. The van der Waals surface area contributed by atoms with Gasteiger partial charge >= 0.3 is 0 Å². The summed E-state index contributed by atoms with van der Waals surface area (Å²) in [6.45, 7) is 10.3. The summed E-state index contributed by atoms with van der Waals surface area (Å²) in [7, 11) is -0.933. The first-order valence-electron chi connectivity index (χ1n) is 9.29. The molecule has 0 aliphatic rings. The fourth-order valence-corrected chi connectivity index (χ4v) is 4.23. The van der Waals surface area contributed by atoms with Crippen LogP contribution in [0.25, 0.3) is 0 Å². The molecule has 7 heteroatoms. The Bertz CT molecular complexity index is 1020. The van der Waals surface area contributed by atoms with E-state index in [0.29, 0.717) is 35.7 Å². The van der Waals surface area contributed by atoms with Crippen LogP contribution in [0.3, 0.4) is 0 Å². The van der Waals surface area contributed by atoms with E-state index in [1.807, 2.05) is 13.8 Å². The first kappa shape index (κ1) is 22.5. The van der Waals surface area contributed by atoms with Gasteiger partial charge in [0.2, 0.25) is 0 Å². The molecule has 2 rings (SSSR count). The molecule has 0 aliphatic carbocycles. The first-order chi connectivity index (χ1) is 13.6. The number of aryl methyl sites for hydroxylation is 1. The maximum absolute atomic E-state index is 13.2. The normalized spacial score (nSPS) is 11.1. The molecule has 0 unspecified atom stereocenters. The van der Waals surface area contributed by atoms with Gasteiger partial charge in [0, 0.05) is 25.7 Å². The molecule has 156 valence electrons. The van der Waals surface area contributed by atoms with Crippen LogP contribution in [0.15, 0.2) is 59.5 Å². The number of ether oxygens (including phenoxy) is 1. The number of hydrogen-bond acceptors (Lipinski definition) is 4. The van der Waals surface area contributed by atoms with Crippen molar-refractivity contribution in [3.05, 3.63) is 65.7 Å². The molecule has 0 bridgehead atoms. The molecule has 0 saturated carbocycles. The van der Waals surface area contributed by atoms with Crippen molar-refractivity contribution < 1.29 is 17.9 Å². The number of nitrogens with zero attached hydrogens (tertiary/aromatic N) is 2. The van der Waals surface area contributed by atoms with Gasteiger partial charge in [0.15, 0.2) is 0 Å². The third-order valence-corrected chi connectivity index (χ3v) is 6.42. The first-order valence-corrected chi connectivity index (χ1v) is 10.7. The van der Waals surface area contributed by atoms with Crippen LogP contribution < -0.4 is 9.04 Å². The van der Waals surface area contributed by atoms with Crippen molar-refractivity contribution in [1.29, 1.82) is 0 Å². The SMILES string of the molecule is C=C(C)CN(CC)C(=O)c1cc(S(=O)(=O)N(C)c2ccccc2OC)ccc1C.